The van der Waals surface area contributed by atoms with Gasteiger partial charge in [0.2, 0.25) is 5.13 Å². The second-order valence-corrected chi connectivity index (χ2v) is 8.11. The molecular formula is C19H22N4O3S. The first-order valence-corrected chi connectivity index (χ1v) is 9.79. The van der Waals surface area contributed by atoms with Crippen LogP contribution in [-0.4, -0.2) is 38.9 Å². The number of aromatic nitrogens is 2. The second kappa shape index (κ2) is 7.56. The molecule has 2 aromatic rings. The van der Waals surface area contributed by atoms with Gasteiger partial charge in [0.1, 0.15) is 5.01 Å². The lowest BCUT2D eigenvalue weighted by Crippen LogP contribution is -2.37. The van der Waals surface area contributed by atoms with Crippen LogP contribution in [0.25, 0.3) is 0 Å². The molecule has 1 aliphatic heterocycles. The van der Waals surface area contributed by atoms with Crippen LogP contribution in [0.5, 0.6) is 0 Å². The maximum absolute atomic E-state index is 12.6. The summed E-state index contributed by atoms with van der Waals surface area (Å²) in [5.74, 6) is -0.588. The van der Waals surface area contributed by atoms with Crippen molar-refractivity contribution in [3.8, 4) is 0 Å². The molecule has 0 bridgehead atoms. The molecule has 7 nitrogen and oxygen atoms in total. The zero-order chi connectivity index (χ0) is 19.7. The maximum atomic E-state index is 12.6. The lowest BCUT2D eigenvalue weighted by Gasteiger charge is -2.20. The van der Waals surface area contributed by atoms with Gasteiger partial charge in [0, 0.05) is 18.0 Å². The molecular weight excluding hydrogens is 364 g/mol. The lowest BCUT2D eigenvalue weighted by molar-refractivity contribution is 0.0593. The van der Waals surface area contributed by atoms with Gasteiger partial charge in [-0.3, -0.25) is 24.6 Å². The quantitative estimate of drug-likeness (QED) is 0.768. The number of amides is 3. The number of nitrogens with zero attached hydrogens (tertiary/aromatic N) is 3. The first kappa shape index (κ1) is 19.2. The van der Waals surface area contributed by atoms with E-state index in [0.29, 0.717) is 28.6 Å². The molecule has 1 aromatic heterocycles. The van der Waals surface area contributed by atoms with Crippen molar-refractivity contribution in [3.63, 3.8) is 0 Å². The fourth-order valence-electron chi connectivity index (χ4n) is 2.89. The van der Waals surface area contributed by atoms with E-state index in [4.69, 9.17) is 0 Å². The molecule has 0 unspecified atom stereocenters. The molecule has 0 aliphatic carbocycles. The van der Waals surface area contributed by atoms with Crippen molar-refractivity contribution in [2.24, 2.45) is 5.92 Å². The van der Waals surface area contributed by atoms with Gasteiger partial charge in [-0.1, -0.05) is 32.1 Å². The first-order valence-electron chi connectivity index (χ1n) is 8.97. The van der Waals surface area contributed by atoms with Crippen molar-refractivity contribution in [2.75, 3.05) is 5.32 Å². The molecule has 8 heteroatoms. The van der Waals surface area contributed by atoms with Crippen LogP contribution in [0.4, 0.5) is 5.13 Å². The molecule has 2 heterocycles. The summed E-state index contributed by atoms with van der Waals surface area (Å²) in [7, 11) is 0. The summed E-state index contributed by atoms with van der Waals surface area (Å²) in [5.41, 5.74) is 0.916. The van der Waals surface area contributed by atoms with Crippen LogP contribution in [0.1, 0.15) is 70.2 Å². The summed E-state index contributed by atoms with van der Waals surface area (Å²) in [6.45, 7) is 7.93. The van der Waals surface area contributed by atoms with Gasteiger partial charge in [-0.05, 0) is 37.5 Å². The van der Waals surface area contributed by atoms with E-state index in [9.17, 15) is 14.4 Å². The van der Waals surface area contributed by atoms with Crippen LogP contribution in [0.3, 0.4) is 0 Å². The molecule has 0 saturated carbocycles. The van der Waals surface area contributed by atoms with Crippen LogP contribution in [0.15, 0.2) is 18.2 Å². The monoisotopic (exact) mass is 386 g/mol. The largest absolute Gasteiger partial charge is 0.296 e. The Bertz CT molecular complexity index is 906. The van der Waals surface area contributed by atoms with Gasteiger partial charge >= 0.3 is 0 Å². The molecule has 0 fully saturated rings. The number of fused-ring (bicyclic) bond motifs is 1. The highest BCUT2D eigenvalue weighted by Crippen LogP contribution is 2.27. The van der Waals surface area contributed by atoms with Gasteiger partial charge < -0.3 is 0 Å². The number of benzene rings is 1. The minimum absolute atomic E-state index is 0.185. The van der Waals surface area contributed by atoms with E-state index in [0.717, 1.165) is 11.4 Å². The Hall–Kier alpha value is -2.61. The van der Waals surface area contributed by atoms with Crippen molar-refractivity contribution in [3.05, 3.63) is 39.9 Å². The molecule has 0 spiro atoms. The van der Waals surface area contributed by atoms with Crippen LogP contribution in [-0.2, 0) is 6.42 Å². The summed E-state index contributed by atoms with van der Waals surface area (Å²) < 4.78 is 0. The zero-order valence-electron chi connectivity index (χ0n) is 15.8. The standard InChI is InChI=1S/C19H22N4O3S/c1-5-11(4)23-17(25)13-7-6-12(9-14(13)18(23)26)16(24)20-19-22-21-15(27-19)8-10(2)3/h6-7,9-11H,5,8H2,1-4H3,(H,20,22,24)/t11-/m1/s1. The van der Waals surface area contributed by atoms with E-state index in [1.807, 2.05) is 13.8 Å². The van der Waals surface area contributed by atoms with Crippen LogP contribution in [0.2, 0.25) is 0 Å². The van der Waals surface area contributed by atoms with E-state index in [1.54, 1.807) is 6.07 Å². The van der Waals surface area contributed by atoms with E-state index in [-0.39, 0.29) is 29.3 Å². The zero-order valence-corrected chi connectivity index (χ0v) is 16.6. The topological polar surface area (TPSA) is 92.3 Å². The minimum atomic E-state index is -0.382. The lowest BCUT2D eigenvalue weighted by atomic mass is 10.1. The highest BCUT2D eigenvalue weighted by molar-refractivity contribution is 7.15. The Morgan fingerprint density at radius 2 is 1.85 bits per heavy atom. The number of hydrogen-bond donors (Lipinski definition) is 1. The third kappa shape index (κ3) is 3.75. The van der Waals surface area contributed by atoms with E-state index in [2.05, 4.69) is 29.4 Å². The second-order valence-electron chi connectivity index (χ2n) is 7.05. The molecule has 3 amide bonds. The third-order valence-corrected chi connectivity index (χ3v) is 5.34. The van der Waals surface area contributed by atoms with Gasteiger partial charge in [-0.2, -0.15) is 0 Å². The molecule has 1 atom stereocenters. The minimum Gasteiger partial charge on any atom is -0.296 e. The van der Waals surface area contributed by atoms with Crippen molar-refractivity contribution in [2.45, 2.75) is 46.6 Å². The Morgan fingerprint density at radius 3 is 2.52 bits per heavy atom. The van der Waals surface area contributed by atoms with Crippen LogP contribution in [0, 0.1) is 5.92 Å². The third-order valence-electron chi connectivity index (χ3n) is 4.48. The van der Waals surface area contributed by atoms with Crippen molar-refractivity contribution in [1.82, 2.24) is 15.1 Å². The van der Waals surface area contributed by atoms with Gasteiger partial charge in [0.05, 0.1) is 11.1 Å². The van der Waals surface area contributed by atoms with Crippen LogP contribution >= 0.6 is 11.3 Å². The highest BCUT2D eigenvalue weighted by Gasteiger charge is 2.38. The highest BCUT2D eigenvalue weighted by atomic mass is 32.1. The summed E-state index contributed by atoms with van der Waals surface area (Å²) in [6.07, 6.45) is 1.48. The molecule has 0 saturated heterocycles. The van der Waals surface area contributed by atoms with Crippen LogP contribution < -0.4 is 5.32 Å². The molecule has 1 aromatic carbocycles. The summed E-state index contributed by atoms with van der Waals surface area (Å²) in [4.78, 5) is 38.8. The number of carbonyl (C=O) groups is 3. The average Bonchev–Trinajstić information content (AvgIpc) is 3.16. The number of anilines is 1. The normalized spacial score (nSPS) is 14.6. The predicted octanol–water partition coefficient (Wildman–Crippen LogP) is 3.38. The Balaban J connectivity index is 1.79. The van der Waals surface area contributed by atoms with Gasteiger partial charge in [0.15, 0.2) is 0 Å². The molecule has 1 N–H and O–H groups in total. The van der Waals surface area contributed by atoms with Gasteiger partial charge in [-0.25, -0.2) is 0 Å². The van der Waals surface area contributed by atoms with E-state index in [1.165, 1.54) is 28.4 Å². The predicted molar refractivity (Wildman–Crippen MR) is 103 cm³/mol. The Kier molecular flexibility index (Phi) is 5.36. The summed E-state index contributed by atoms with van der Waals surface area (Å²) in [5, 5.41) is 12.0. The van der Waals surface area contributed by atoms with Gasteiger partial charge in [-0.15, -0.1) is 10.2 Å². The molecule has 1 aliphatic rings. The molecule has 142 valence electrons. The van der Waals surface area contributed by atoms with E-state index < -0.39 is 0 Å². The fraction of sp³-hybridized carbons (Fsp3) is 0.421. The summed E-state index contributed by atoms with van der Waals surface area (Å²) in [6, 6.07) is 4.38. The smallest absolute Gasteiger partial charge is 0.261 e. The number of nitrogens with one attached hydrogen (secondary N) is 1. The molecule has 3 rings (SSSR count). The number of rotatable bonds is 6. The van der Waals surface area contributed by atoms with Crippen molar-refractivity contribution in [1.29, 1.82) is 0 Å². The van der Waals surface area contributed by atoms with Crippen molar-refractivity contribution < 1.29 is 14.4 Å². The average molecular weight is 386 g/mol. The van der Waals surface area contributed by atoms with Crippen molar-refractivity contribution >= 4 is 34.2 Å². The molecule has 27 heavy (non-hydrogen) atoms. The van der Waals surface area contributed by atoms with Gasteiger partial charge in [0.25, 0.3) is 17.7 Å². The number of hydrogen-bond acceptors (Lipinski definition) is 6. The first-order chi connectivity index (χ1) is 12.8. The SMILES string of the molecule is CC[C@@H](C)N1C(=O)c2ccc(C(=O)Nc3nnc(CC(C)C)s3)cc2C1=O. The summed E-state index contributed by atoms with van der Waals surface area (Å²) >= 11 is 1.33. The van der Waals surface area contributed by atoms with E-state index >= 15 is 0 Å². The number of carbonyl (C=O) groups excluding carboxylic acids is 3. The fourth-order valence-corrected chi connectivity index (χ4v) is 3.84. The molecule has 0 radical (unpaired) electrons. The Labute approximate surface area is 161 Å². The number of imide groups is 1. The Morgan fingerprint density at radius 1 is 1.15 bits per heavy atom. The maximum Gasteiger partial charge on any atom is 0.261 e.